The fourth-order valence-electron chi connectivity index (χ4n) is 2.13. The summed E-state index contributed by atoms with van der Waals surface area (Å²) in [6, 6.07) is 16.3. The molecule has 1 N–H and O–H groups in total. The third-order valence-corrected chi connectivity index (χ3v) is 3.62. The second kappa shape index (κ2) is 7.81. The van der Waals surface area contributed by atoms with E-state index in [4.69, 9.17) is 20.9 Å². The van der Waals surface area contributed by atoms with E-state index >= 15 is 0 Å². The molecule has 0 saturated heterocycles. The summed E-state index contributed by atoms with van der Waals surface area (Å²) in [5.74, 6) is 1.04. The number of hydrogen-bond acceptors (Lipinski definition) is 5. The molecule has 128 valence electrons. The quantitative estimate of drug-likeness (QED) is 0.730. The van der Waals surface area contributed by atoms with Crippen molar-refractivity contribution in [3.63, 3.8) is 0 Å². The number of halogens is 1. The number of ether oxygens (including phenoxy) is 1. The minimum atomic E-state index is -0.682. The molecule has 0 spiro atoms. The molecule has 1 amide bonds. The molecule has 0 aliphatic rings. The molecule has 6 nitrogen and oxygen atoms in total. The molecule has 0 aliphatic heterocycles. The van der Waals surface area contributed by atoms with Crippen molar-refractivity contribution in [3.8, 4) is 17.2 Å². The maximum Gasteiger partial charge on any atom is 0.261 e. The van der Waals surface area contributed by atoms with Gasteiger partial charge < -0.3 is 14.6 Å². The van der Waals surface area contributed by atoms with E-state index in [1.165, 1.54) is 0 Å². The minimum absolute atomic E-state index is 0.151. The summed E-state index contributed by atoms with van der Waals surface area (Å²) in [7, 11) is 0. The van der Waals surface area contributed by atoms with Crippen molar-refractivity contribution >= 4 is 17.5 Å². The molecule has 0 saturated carbocycles. The van der Waals surface area contributed by atoms with Crippen molar-refractivity contribution in [2.24, 2.45) is 0 Å². The van der Waals surface area contributed by atoms with Crippen LogP contribution in [0.25, 0.3) is 11.5 Å². The summed E-state index contributed by atoms with van der Waals surface area (Å²) in [6.07, 6.45) is -0.682. The van der Waals surface area contributed by atoms with Gasteiger partial charge in [-0.3, -0.25) is 4.79 Å². The van der Waals surface area contributed by atoms with Gasteiger partial charge >= 0.3 is 0 Å². The summed E-state index contributed by atoms with van der Waals surface area (Å²) < 4.78 is 10.8. The largest absolute Gasteiger partial charge is 0.481 e. The topological polar surface area (TPSA) is 77.2 Å². The van der Waals surface area contributed by atoms with E-state index in [9.17, 15) is 4.79 Å². The molecule has 0 bridgehead atoms. The van der Waals surface area contributed by atoms with Gasteiger partial charge in [0, 0.05) is 10.6 Å². The fraction of sp³-hybridized carbons (Fsp3) is 0.167. The molecule has 1 heterocycles. The molecule has 3 aromatic rings. The predicted molar refractivity (Wildman–Crippen MR) is 93.1 cm³/mol. The van der Waals surface area contributed by atoms with Gasteiger partial charge in [0.1, 0.15) is 5.75 Å². The molecule has 0 unspecified atom stereocenters. The highest BCUT2D eigenvalue weighted by Crippen LogP contribution is 2.18. The highest BCUT2D eigenvalue weighted by atomic mass is 35.5. The lowest BCUT2D eigenvalue weighted by molar-refractivity contribution is -0.127. The van der Waals surface area contributed by atoms with Gasteiger partial charge in [0.2, 0.25) is 0 Å². The summed E-state index contributed by atoms with van der Waals surface area (Å²) in [5.41, 5.74) is 0.824. The van der Waals surface area contributed by atoms with Gasteiger partial charge in [-0.2, -0.15) is 4.98 Å². The Bertz CT molecular complexity index is 852. The first-order chi connectivity index (χ1) is 12.1. The molecule has 3 rings (SSSR count). The number of rotatable bonds is 6. The smallest absolute Gasteiger partial charge is 0.261 e. The molecule has 7 heteroatoms. The average molecular weight is 358 g/mol. The first kappa shape index (κ1) is 17.0. The predicted octanol–water partition coefficient (Wildman–Crippen LogP) is 3.47. The van der Waals surface area contributed by atoms with Crippen molar-refractivity contribution in [2.75, 3.05) is 0 Å². The maximum absolute atomic E-state index is 12.1. The van der Waals surface area contributed by atoms with Gasteiger partial charge in [0.25, 0.3) is 11.8 Å². The zero-order valence-corrected chi connectivity index (χ0v) is 14.2. The van der Waals surface area contributed by atoms with Crippen molar-refractivity contribution in [3.05, 3.63) is 65.4 Å². The number of nitrogens with zero attached hydrogens (tertiary/aromatic N) is 2. The van der Waals surface area contributed by atoms with Crippen LogP contribution in [0.4, 0.5) is 0 Å². The Hall–Kier alpha value is -2.86. The van der Waals surface area contributed by atoms with E-state index in [-0.39, 0.29) is 12.5 Å². The zero-order chi connectivity index (χ0) is 17.6. The third kappa shape index (κ3) is 4.58. The molecule has 25 heavy (non-hydrogen) atoms. The molecule has 0 fully saturated rings. The van der Waals surface area contributed by atoms with Gasteiger partial charge in [-0.15, -0.1) is 0 Å². The number of nitrogens with one attached hydrogen (secondary N) is 1. The van der Waals surface area contributed by atoms with E-state index in [0.29, 0.717) is 22.5 Å². The molecule has 1 atom stereocenters. The fourth-order valence-corrected chi connectivity index (χ4v) is 2.31. The van der Waals surface area contributed by atoms with Crippen LogP contribution in [0.2, 0.25) is 5.02 Å². The van der Waals surface area contributed by atoms with Crippen molar-refractivity contribution in [1.29, 1.82) is 0 Å². The number of hydrogen-bond donors (Lipinski definition) is 1. The van der Waals surface area contributed by atoms with Crippen LogP contribution >= 0.6 is 11.6 Å². The van der Waals surface area contributed by atoms with E-state index in [1.807, 2.05) is 30.3 Å². The Kier molecular flexibility index (Phi) is 5.30. The Balaban J connectivity index is 1.54. The molecule has 1 aromatic heterocycles. The number of amides is 1. The van der Waals surface area contributed by atoms with Gasteiger partial charge in [0.15, 0.2) is 11.9 Å². The second-order valence-corrected chi connectivity index (χ2v) is 5.75. The van der Waals surface area contributed by atoms with Crippen LogP contribution in [-0.4, -0.2) is 22.2 Å². The van der Waals surface area contributed by atoms with Crippen LogP contribution in [0.1, 0.15) is 12.7 Å². The summed E-state index contributed by atoms with van der Waals surface area (Å²) >= 11 is 5.89. The van der Waals surface area contributed by atoms with Crippen LogP contribution in [0, 0.1) is 0 Å². The third-order valence-electron chi connectivity index (χ3n) is 3.39. The van der Waals surface area contributed by atoms with Crippen LogP contribution in [-0.2, 0) is 11.3 Å². The van der Waals surface area contributed by atoms with Crippen LogP contribution in [0.5, 0.6) is 5.75 Å². The molecule has 2 aromatic carbocycles. The average Bonchev–Trinajstić information content (AvgIpc) is 3.09. The van der Waals surface area contributed by atoms with E-state index < -0.39 is 6.10 Å². The molecule has 0 aliphatic carbocycles. The first-order valence-corrected chi connectivity index (χ1v) is 8.07. The number of carbonyl (C=O) groups excluding carboxylic acids is 1. The normalized spacial score (nSPS) is 11.8. The summed E-state index contributed by atoms with van der Waals surface area (Å²) in [6.45, 7) is 1.81. The first-order valence-electron chi connectivity index (χ1n) is 7.70. The Morgan fingerprint density at radius 2 is 2.04 bits per heavy atom. The van der Waals surface area contributed by atoms with Crippen molar-refractivity contribution in [2.45, 2.75) is 19.6 Å². The van der Waals surface area contributed by atoms with Crippen LogP contribution in [0.15, 0.2) is 59.1 Å². The van der Waals surface area contributed by atoms with Crippen molar-refractivity contribution < 1.29 is 14.1 Å². The number of aromatic nitrogens is 2. The zero-order valence-electron chi connectivity index (χ0n) is 13.5. The Labute approximate surface area is 149 Å². The summed E-state index contributed by atoms with van der Waals surface area (Å²) in [5, 5.41) is 7.12. The summed E-state index contributed by atoms with van der Waals surface area (Å²) in [4.78, 5) is 16.4. The maximum atomic E-state index is 12.1. The van der Waals surface area contributed by atoms with Gasteiger partial charge in [-0.05, 0) is 37.3 Å². The second-order valence-electron chi connectivity index (χ2n) is 5.32. The highest BCUT2D eigenvalue weighted by molar-refractivity contribution is 6.30. The minimum Gasteiger partial charge on any atom is -0.481 e. The van der Waals surface area contributed by atoms with Gasteiger partial charge in [-0.1, -0.05) is 41.0 Å². The van der Waals surface area contributed by atoms with Crippen molar-refractivity contribution in [1.82, 2.24) is 15.5 Å². The molecular weight excluding hydrogens is 342 g/mol. The van der Waals surface area contributed by atoms with Gasteiger partial charge in [-0.25, -0.2) is 0 Å². The number of carbonyl (C=O) groups is 1. The van der Waals surface area contributed by atoms with Crippen LogP contribution in [0.3, 0.4) is 0 Å². The van der Waals surface area contributed by atoms with E-state index in [1.54, 1.807) is 31.2 Å². The monoisotopic (exact) mass is 357 g/mol. The van der Waals surface area contributed by atoms with Gasteiger partial charge in [0.05, 0.1) is 6.54 Å². The van der Waals surface area contributed by atoms with Crippen LogP contribution < -0.4 is 10.1 Å². The lowest BCUT2D eigenvalue weighted by Gasteiger charge is -2.14. The Morgan fingerprint density at radius 3 is 2.80 bits per heavy atom. The highest BCUT2D eigenvalue weighted by Gasteiger charge is 2.16. The number of benzene rings is 2. The molecular formula is C18H16ClN3O3. The Morgan fingerprint density at radius 1 is 1.24 bits per heavy atom. The lowest BCUT2D eigenvalue weighted by atomic mass is 10.2. The lowest BCUT2D eigenvalue weighted by Crippen LogP contribution is -2.36. The molecule has 0 radical (unpaired) electrons. The SMILES string of the molecule is C[C@@H](Oc1cccc(Cl)c1)C(=O)NCc1noc(-c2ccccc2)n1. The van der Waals surface area contributed by atoms with E-state index in [2.05, 4.69) is 15.5 Å². The van der Waals surface area contributed by atoms with E-state index in [0.717, 1.165) is 5.56 Å². The standard InChI is InChI=1S/C18H16ClN3O3/c1-12(24-15-9-5-8-14(19)10-15)17(23)20-11-16-21-18(25-22-16)13-6-3-2-4-7-13/h2-10,12H,11H2,1H3,(H,20,23)/t12-/m1/s1.